The maximum atomic E-state index is 14.6. The summed E-state index contributed by atoms with van der Waals surface area (Å²) < 4.78 is 34.3. The SMILES string of the molecule is Cc1ccc(COC(=O)N2CC[C@H](CNc3ncccn3)[C@H](F)C2)cc1.O=C([C@@H]1C[C@H]1c1ccccc1)N1CC[C@H](CNc2ncccn2)[C@H](F)C1. The number of anilines is 2. The number of halogens is 2. The summed E-state index contributed by atoms with van der Waals surface area (Å²) in [6.07, 6.45) is 6.10. The van der Waals surface area contributed by atoms with Gasteiger partial charge in [0.2, 0.25) is 17.8 Å². The predicted octanol–water partition coefficient (Wildman–Crippen LogP) is 6.07. The molecule has 274 valence electrons. The highest BCUT2D eigenvalue weighted by atomic mass is 19.1. The molecule has 4 heterocycles. The number of hydrogen-bond donors (Lipinski definition) is 2. The van der Waals surface area contributed by atoms with E-state index >= 15 is 0 Å². The van der Waals surface area contributed by atoms with Gasteiger partial charge in [0.05, 0.1) is 13.1 Å². The third-order valence-electron chi connectivity index (χ3n) is 9.92. The fraction of sp³-hybridized carbons (Fsp3) is 0.436. The Morgan fingerprint density at radius 2 is 1.29 bits per heavy atom. The number of hydrogen-bond acceptors (Lipinski definition) is 9. The van der Waals surface area contributed by atoms with Crippen molar-refractivity contribution in [2.24, 2.45) is 17.8 Å². The van der Waals surface area contributed by atoms with E-state index in [2.05, 4.69) is 42.7 Å². The molecule has 52 heavy (non-hydrogen) atoms. The van der Waals surface area contributed by atoms with Gasteiger partial charge in [0, 0.05) is 68.7 Å². The minimum Gasteiger partial charge on any atom is -0.445 e. The van der Waals surface area contributed by atoms with E-state index in [1.807, 2.05) is 49.4 Å². The number of likely N-dealkylation sites (tertiary alicyclic amines) is 2. The monoisotopic (exact) mass is 712 g/mol. The molecule has 2 saturated heterocycles. The Balaban J connectivity index is 0.000000179. The van der Waals surface area contributed by atoms with Crippen LogP contribution in [-0.2, 0) is 16.1 Å². The van der Waals surface area contributed by atoms with Crippen molar-refractivity contribution in [1.82, 2.24) is 29.7 Å². The van der Waals surface area contributed by atoms with Crippen molar-refractivity contribution in [2.75, 3.05) is 49.9 Å². The van der Waals surface area contributed by atoms with E-state index in [-0.39, 0.29) is 43.4 Å². The molecule has 3 fully saturated rings. The van der Waals surface area contributed by atoms with Crippen LogP contribution >= 0.6 is 0 Å². The molecule has 0 spiro atoms. The lowest BCUT2D eigenvalue weighted by molar-refractivity contribution is -0.135. The Morgan fingerprint density at radius 3 is 1.85 bits per heavy atom. The molecule has 3 aliphatic rings. The standard InChI is InChI=1S/C20H23FN4O.C19H23FN4O2/c21-18-13-25(10-7-15(18)12-24-20-22-8-4-9-23-20)19(26)17-11-16(17)14-5-2-1-3-6-14;1-14-3-5-15(6-4-14)13-26-19(25)24-10-7-16(17(20)12-24)11-23-18-21-8-2-9-22-18/h1-6,8-9,15-18H,7,10-13H2,(H,22,23,24);2-6,8-9,16-17H,7,10-13H2,1H3,(H,21,22,23)/t15-,16+,17-,18-;16-,17-/m11/s1. The highest BCUT2D eigenvalue weighted by Crippen LogP contribution is 2.48. The first-order valence-electron chi connectivity index (χ1n) is 17.9. The average Bonchev–Trinajstić information content (AvgIpc) is 3.99. The van der Waals surface area contributed by atoms with Gasteiger partial charge in [0.1, 0.15) is 19.0 Å². The number of nitrogens with zero attached hydrogens (tertiary/aromatic N) is 6. The lowest BCUT2D eigenvalue weighted by atomic mass is 9.94. The number of nitrogens with one attached hydrogen (secondary N) is 2. The van der Waals surface area contributed by atoms with E-state index in [9.17, 15) is 18.4 Å². The van der Waals surface area contributed by atoms with Crippen LogP contribution in [0, 0.1) is 24.7 Å². The largest absolute Gasteiger partial charge is 0.445 e. The summed E-state index contributed by atoms with van der Waals surface area (Å²) >= 11 is 0. The van der Waals surface area contributed by atoms with Crippen LogP contribution in [-0.4, -0.2) is 93.3 Å². The zero-order valence-electron chi connectivity index (χ0n) is 29.4. The second kappa shape index (κ2) is 17.8. The second-order valence-electron chi connectivity index (χ2n) is 13.7. The molecule has 13 heteroatoms. The third-order valence-corrected chi connectivity index (χ3v) is 9.92. The average molecular weight is 713 g/mol. The van der Waals surface area contributed by atoms with Crippen LogP contribution in [0.15, 0.2) is 91.5 Å². The van der Waals surface area contributed by atoms with Crippen molar-refractivity contribution in [2.45, 2.75) is 51.1 Å². The first-order valence-corrected chi connectivity index (χ1v) is 17.9. The molecule has 1 saturated carbocycles. The van der Waals surface area contributed by atoms with E-state index in [0.717, 1.165) is 17.5 Å². The molecule has 4 aromatic rings. The topological polar surface area (TPSA) is 125 Å². The van der Waals surface area contributed by atoms with Gasteiger partial charge in [-0.3, -0.25) is 4.79 Å². The predicted molar refractivity (Wildman–Crippen MR) is 194 cm³/mol. The zero-order chi connectivity index (χ0) is 36.3. The van der Waals surface area contributed by atoms with Gasteiger partial charge < -0.3 is 25.2 Å². The summed E-state index contributed by atoms with van der Waals surface area (Å²) in [6, 6.07) is 21.4. The molecule has 2 N–H and O–H groups in total. The number of benzene rings is 2. The number of amides is 2. The molecule has 1 aliphatic carbocycles. The summed E-state index contributed by atoms with van der Waals surface area (Å²) in [6.45, 7) is 4.48. The minimum atomic E-state index is -1.10. The Hall–Kier alpha value is -5.20. The van der Waals surface area contributed by atoms with E-state index in [4.69, 9.17) is 4.74 Å². The number of aryl methyl sites for hydroxylation is 1. The van der Waals surface area contributed by atoms with Crippen molar-refractivity contribution >= 4 is 23.9 Å². The number of rotatable bonds is 10. The molecule has 0 radical (unpaired) electrons. The fourth-order valence-electron chi connectivity index (χ4n) is 6.65. The summed E-state index contributed by atoms with van der Waals surface area (Å²) in [5.74, 6) is 1.14. The Labute approximate surface area is 303 Å². The van der Waals surface area contributed by atoms with Crippen LogP contribution < -0.4 is 10.6 Å². The van der Waals surface area contributed by atoms with Gasteiger partial charge in [-0.25, -0.2) is 33.5 Å². The quantitative estimate of drug-likeness (QED) is 0.202. The normalized spacial score (nSPS) is 23.8. The Kier molecular flexibility index (Phi) is 12.5. The molecule has 7 rings (SSSR count). The molecule has 2 amide bonds. The first kappa shape index (κ1) is 36.6. The van der Waals surface area contributed by atoms with Crippen molar-refractivity contribution in [1.29, 1.82) is 0 Å². The van der Waals surface area contributed by atoms with Crippen LogP contribution in [0.3, 0.4) is 0 Å². The molecule has 0 unspecified atom stereocenters. The fourth-order valence-corrected chi connectivity index (χ4v) is 6.65. The number of carbonyl (C=O) groups excluding carboxylic acids is 2. The van der Waals surface area contributed by atoms with E-state index in [1.54, 1.807) is 41.8 Å². The molecule has 11 nitrogen and oxygen atoms in total. The Bertz CT molecular complexity index is 1710. The lowest BCUT2D eigenvalue weighted by Crippen LogP contribution is -2.47. The van der Waals surface area contributed by atoms with E-state index in [0.29, 0.717) is 56.8 Å². The van der Waals surface area contributed by atoms with Crippen LogP contribution in [0.4, 0.5) is 25.5 Å². The number of ether oxygens (including phenoxy) is 1. The zero-order valence-corrected chi connectivity index (χ0v) is 29.4. The molecule has 6 atom stereocenters. The van der Waals surface area contributed by atoms with Gasteiger partial charge in [0.15, 0.2) is 0 Å². The van der Waals surface area contributed by atoms with Crippen molar-refractivity contribution < 1.29 is 23.1 Å². The molecule has 2 aromatic heterocycles. The smallest absolute Gasteiger partial charge is 0.410 e. The molecule has 2 aliphatic heterocycles. The summed E-state index contributed by atoms with van der Waals surface area (Å²) in [7, 11) is 0. The van der Waals surface area contributed by atoms with Crippen LogP contribution in [0.2, 0.25) is 0 Å². The van der Waals surface area contributed by atoms with Crippen molar-refractivity contribution in [3.63, 3.8) is 0 Å². The molecular weight excluding hydrogens is 666 g/mol. The minimum absolute atomic E-state index is 0.0250. The molecular formula is C39H46F2N8O3. The number of carbonyl (C=O) groups is 2. The summed E-state index contributed by atoms with van der Waals surface area (Å²) in [5.41, 5.74) is 3.28. The van der Waals surface area contributed by atoms with Gasteiger partial charge in [0.25, 0.3) is 0 Å². The van der Waals surface area contributed by atoms with Crippen molar-refractivity contribution in [3.8, 4) is 0 Å². The molecule has 2 aromatic carbocycles. The highest BCUT2D eigenvalue weighted by Gasteiger charge is 2.47. The summed E-state index contributed by atoms with van der Waals surface area (Å²) in [4.78, 5) is 44.3. The maximum Gasteiger partial charge on any atom is 0.410 e. The first-order chi connectivity index (χ1) is 25.3. The number of alkyl halides is 2. The Morgan fingerprint density at radius 1 is 0.750 bits per heavy atom. The van der Waals surface area contributed by atoms with Crippen LogP contribution in [0.25, 0.3) is 0 Å². The maximum absolute atomic E-state index is 14.6. The van der Waals surface area contributed by atoms with Gasteiger partial charge >= 0.3 is 6.09 Å². The van der Waals surface area contributed by atoms with Gasteiger partial charge in [-0.1, -0.05) is 60.2 Å². The van der Waals surface area contributed by atoms with Crippen LogP contribution in [0.1, 0.15) is 41.9 Å². The van der Waals surface area contributed by atoms with Gasteiger partial charge in [-0.15, -0.1) is 0 Å². The van der Waals surface area contributed by atoms with Crippen LogP contribution in [0.5, 0.6) is 0 Å². The van der Waals surface area contributed by atoms with E-state index < -0.39 is 18.4 Å². The summed E-state index contributed by atoms with van der Waals surface area (Å²) in [5, 5.41) is 6.13. The number of aromatic nitrogens is 4. The molecule has 0 bridgehead atoms. The lowest BCUT2D eigenvalue weighted by Gasteiger charge is -2.35. The van der Waals surface area contributed by atoms with E-state index in [1.165, 1.54) is 10.5 Å². The highest BCUT2D eigenvalue weighted by molar-refractivity contribution is 5.83. The van der Waals surface area contributed by atoms with Gasteiger partial charge in [-0.05, 0) is 55.4 Å². The second-order valence-corrected chi connectivity index (χ2v) is 13.7. The van der Waals surface area contributed by atoms with Gasteiger partial charge in [-0.2, -0.15) is 0 Å². The van der Waals surface area contributed by atoms with Crippen molar-refractivity contribution in [3.05, 3.63) is 108 Å². The third kappa shape index (κ3) is 10.2. The number of piperidine rings is 2.